The third-order valence-electron chi connectivity index (χ3n) is 14.8. The Labute approximate surface area is 459 Å². The van der Waals surface area contributed by atoms with Crippen molar-refractivity contribution < 1.29 is 4.42 Å². The lowest BCUT2D eigenvalue weighted by atomic mass is 9.56. The zero-order chi connectivity index (χ0) is 53.5. The maximum Gasteiger partial charge on any atom is 0.135 e. The van der Waals surface area contributed by atoms with Crippen LogP contribution in [0.3, 0.4) is 0 Å². The second kappa shape index (κ2) is 17.4. The summed E-state index contributed by atoms with van der Waals surface area (Å²) in [5.74, 6) is 0. The van der Waals surface area contributed by atoms with Crippen LogP contribution >= 0.6 is 0 Å². The molecular weight excluding hydrogens is 865 g/mol. The Morgan fingerprint density at radius 2 is 0.500 bits per heavy atom. The lowest BCUT2D eigenvalue weighted by Crippen LogP contribution is -2.52. The molecule has 74 heavy (non-hydrogen) atoms. The molecule has 1 heterocycles. The van der Waals surface area contributed by atoms with Gasteiger partial charge in [-0.05, 0) is 105 Å². The highest BCUT2D eigenvalue weighted by molar-refractivity contribution is 6.77. The minimum Gasteiger partial charge on any atom is -0.456 e. The van der Waals surface area contributed by atoms with Gasteiger partial charge in [0.15, 0.2) is 0 Å². The number of fused-ring (bicyclic) bond motifs is 9. The van der Waals surface area contributed by atoms with E-state index in [0.29, 0.717) is 22.3 Å². The lowest BCUT2D eigenvalue weighted by Gasteiger charge is -2.32. The van der Waals surface area contributed by atoms with Gasteiger partial charge in [0.25, 0.3) is 0 Å². The van der Waals surface area contributed by atoms with Gasteiger partial charge in [-0.1, -0.05) is 106 Å². The van der Waals surface area contributed by atoms with E-state index in [2.05, 4.69) is 0 Å². The van der Waals surface area contributed by atoms with E-state index in [-0.39, 0.29) is 202 Å². The van der Waals surface area contributed by atoms with E-state index in [9.17, 15) is 0 Å². The van der Waals surface area contributed by atoms with E-state index in [4.69, 9.17) is 185 Å². The zero-order valence-electron chi connectivity index (χ0n) is 39.2. The summed E-state index contributed by atoms with van der Waals surface area (Å²) in [6.45, 7) is 0. The third-order valence-corrected chi connectivity index (χ3v) is 14.8. The molecule has 24 heteroatoms. The first-order valence-electron chi connectivity index (χ1n) is 22.4. The molecule has 0 aliphatic rings. The molecule has 0 saturated carbocycles. The van der Waals surface area contributed by atoms with Gasteiger partial charge < -0.3 is 4.42 Å². The Morgan fingerprint density at radius 1 is 0.203 bits per heavy atom. The van der Waals surface area contributed by atoms with Crippen LogP contribution in [0.1, 0.15) is 0 Å². The van der Waals surface area contributed by atoms with Crippen LogP contribution in [0.2, 0.25) is 0 Å². The molecule has 282 valence electrons. The van der Waals surface area contributed by atoms with Crippen LogP contribution in [0.4, 0.5) is 0 Å². The fraction of sp³-hybridized carbons (Fsp3) is 0. The summed E-state index contributed by atoms with van der Waals surface area (Å²) in [6, 6.07) is 13.1. The minimum atomic E-state index is -0.179. The summed E-state index contributed by atoms with van der Waals surface area (Å²) < 4.78 is 6.18. The van der Waals surface area contributed by atoms with E-state index < -0.39 is 0 Å². The van der Waals surface area contributed by atoms with Crippen molar-refractivity contribution in [2.24, 2.45) is 0 Å². The molecule has 0 saturated heterocycles. The maximum absolute atomic E-state index is 7.40. The summed E-state index contributed by atoms with van der Waals surface area (Å²) in [4.78, 5) is 0. The van der Waals surface area contributed by atoms with Crippen molar-refractivity contribution in [2.45, 2.75) is 0 Å². The van der Waals surface area contributed by atoms with Gasteiger partial charge in [0.05, 0.1) is 0 Å². The number of furan rings is 1. The van der Waals surface area contributed by atoms with Crippen LogP contribution in [0.5, 0.6) is 0 Å². The first kappa shape index (κ1) is 50.9. The second-order valence-corrected chi connectivity index (χ2v) is 18.4. The fourth-order valence-electron chi connectivity index (χ4n) is 11.0. The van der Waals surface area contributed by atoms with E-state index >= 15 is 0 Å². The highest BCUT2D eigenvalue weighted by Crippen LogP contribution is 2.42. The molecule has 0 aliphatic carbocycles. The number of hydrogen-bond acceptors (Lipinski definition) is 1. The molecule has 0 unspecified atom stereocenters. The van der Waals surface area contributed by atoms with Crippen molar-refractivity contribution in [3.8, 4) is 33.4 Å². The van der Waals surface area contributed by atoms with Gasteiger partial charge >= 0.3 is 0 Å². The van der Waals surface area contributed by atoms with Crippen molar-refractivity contribution >= 4 is 382 Å². The molecule has 11 rings (SSSR count). The average molecular weight is 872 g/mol. The largest absolute Gasteiger partial charge is 0.456 e. The van der Waals surface area contributed by atoms with Crippen LogP contribution in [0, 0.1) is 0 Å². The smallest absolute Gasteiger partial charge is 0.135 e. The third kappa shape index (κ3) is 6.51. The molecule has 1 nitrogen and oxygen atoms in total. The van der Waals surface area contributed by atoms with Crippen LogP contribution in [0.15, 0.2) is 46.9 Å². The molecule has 0 bridgehead atoms. The van der Waals surface area contributed by atoms with Gasteiger partial charge in [-0.3, -0.25) is 0 Å². The number of benzene rings is 10. The molecule has 0 aliphatic heterocycles. The molecule has 1 aromatic heterocycles. The standard InChI is InChI=1S/C50H7B23O/c51-28-21(19-20(36(59)48(71)47(70)35(19)58)22-25(28)42(65)50(73)49(72)37(22)60)24-30(53)27-26(41(64)39(24)62)29(52)23(38(61)40(27)63)14-17-15(31(54)43(66)45(68)33(17)56)13(16-18(14)34(57)46(69)44(67)32(16)55)8-5-6-12-10(7-8)9-3-1-2-4-11(9)74-12/h1-7H. The summed E-state index contributed by atoms with van der Waals surface area (Å²) in [7, 11) is 158. The molecule has 46 radical (unpaired) electrons. The average Bonchev–Trinajstić information content (AvgIpc) is 3.76. The highest BCUT2D eigenvalue weighted by atomic mass is 16.3. The van der Waals surface area contributed by atoms with Crippen LogP contribution in [0.25, 0.3) is 109 Å². The first-order chi connectivity index (χ1) is 34.9. The Hall–Kier alpha value is -5.21. The lowest BCUT2D eigenvalue weighted by molar-refractivity contribution is 0.669. The monoisotopic (exact) mass is 876 g/mol. The van der Waals surface area contributed by atoms with Gasteiger partial charge in [-0.15, -0.1) is 43.7 Å². The molecule has 0 N–H and O–H groups in total. The maximum atomic E-state index is 7.40. The number of hydrogen-bond donors (Lipinski definition) is 0. The summed E-state index contributed by atoms with van der Waals surface area (Å²) in [5, 5.41) is 3.06. The van der Waals surface area contributed by atoms with E-state index in [0.717, 1.165) is 10.8 Å². The molecule has 0 atom stereocenters. The van der Waals surface area contributed by atoms with Crippen molar-refractivity contribution in [3.63, 3.8) is 0 Å². The van der Waals surface area contributed by atoms with Crippen molar-refractivity contribution in [2.75, 3.05) is 0 Å². The molecule has 0 spiro atoms. The number of rotatable bonds is 3. The molecule has 10 aromatic carbocycles. The van der Waals surface area contributed by atoms with Crippen molar-refractivity contribution in [1.29, 1.82) is 0 Å². The van der Waals surface area contributed by atoms with Crippen molar-refractivity contribution in [1.82, 2.24) is 0 Å². The Kier molecular flexibility index (Phi) is 12.0. The molecular formula is C50H7B23O. The summed E-state index contributed by atoms with van der Waals surface area (Å²) >= 11 is 0. The Morgan fingerprint density at radius 3 is 0.946 bits per heavy atom. The topological polar surface area (TPSA) is 13.1 Å². The molecule has 0 amide bonds. The Balaban J connectivity index is 1.34. The van der Waals surface area contributed by atoms with Gasteiger partial charge in [0.1, 0.15) is 192 Å². The highest BCUT2D eigenvalue weighted by Gasteiger charge is 2.30. The van der Waals surface area contributed by atoms with Gasteiger partial charge in [-0.2, -0.15) is 0 Å². The van der Waals surface area contributed by atoms with Crippen LogP contribution in [-0.2, 0) is 0 Å². The van der Waals surface area contributed by atoms with E-state index in [1.165, 1.54) is 0 Å². The Bertz CT molecular complexity index is 4440. The zero-order valence-corrected chi connectivity index (χ0v) is 39.2. The van der Waals surface area contributed by atoms with Crippen LogP contribution < -0.4 is 126 Å². The van der Waals surface area contributed by atoms with Gasteiger partial charge in [0.2, 0.25) is 0 Å². The summed E-state index contributed by atoms with van der Waals surface area (Å²) in [6.07, 6.45) is 0. The second-order valence-electron chi connectivity index (χ2n) is 18.4. The van der Waals surface area contributed by atoms with Gasteiger partial charge in [0, 0.05) is 10.8 Å². The molecule has 0 fully saturated rings. The van der Waals surface area contributed by atoms with Crippen LogP contribution in [-0.4, -0.2) is 180 Å². The van der Waals surface area contributed by atoms with E-state index in [1.807, 2.05) is 36.4 Å². The summed E-state index contributed by atoms with van der Waals surface area (Å²) in [5.41, 5.74) is 0.525. The van der Waals surface area contributed by atoms with Crippen molar-refractivity contribution in [3.05, 3.63) is 42.5 Å². The fourth-order valence-corrected chi connectivity index (χ4v) is 11.0. The molecule has 11 aromatic rings. The SMILES string of the molecule is [B]c1c(-c2c([B])c3c([B])c([B])c([B])c([B])c3c3c([B])c([B])c([B])c([B])c23)c([B])c2c([B])c([B])c(-c3c4c([B])c([B])c([B])c([B])c4c(-c4ccc5oc6ccccc6c5c4)c4c([B])c([B])c([B])c([B])c34)c([B])c2c1[B]. The normalized spacial score (nSPS) is 11.9. The quantitative estimate of drug-likeness (QED) is 0.0979. The predicted molar refractivity (Wildman–Crippen MR) is 341 cm³/mol. The first-order valence-corrected chi connectivity index (χ1v) is 22.4. The van der Waals surface area contributed by atoms with E-state index in [1.54, 1.807) is 6.07 Å². The van der Waals surface area contributed by atoms with Gasteiger partial charge in [-0.25, -0.2) is 0 Å². The number of para-hydroxylation sites is 1. The predicted octanol–water partition coefficient (Wildman–Crippen LogP) is -13.4. The minimum absolute atomic E-state index is 0.00764.